The Balaban J connectivity index is 1.51. The van der Waals surface area contributed by atoms with Crippen LogP contribution in [-0.4, -0.2) is 48.3 Å². The second-order valence-electron chi connectivity index (χ2n) is 8.71. The van der Waals surface area contributed by atoms with Gasteiger partial charge in [-0.2, -0.15) is 10.4 Å². The maximum atomic E-state index is 13.4. The molecule has 1 aliphatic carbocycles. The standard InChI is InChI=1S/C24H23ClN6O2S/c1-16-11-22(31(29-16)17-7-10-27-21(25)12-17)30-14-19(34(33)18-5-3-2-4-6-18)13-20(30)23(32)28-24(15-26)8-9-24/h2-7,10-12,19-20H,8-9,13-14H2,1H3,(H,28,32)/t19-,20+,34?/m1/s1. The molecule has 8 nitrogen and oxygen atoms in total. The number of nitrogens with zero attached hydrogens (tertiary/aromatic N) is 5. The summed E-state index contributed by atoms with van der Waals surface area (Å²) in [6.07, 6.45) is 3.29. The van der Waals surface area contributed by atoms with Crippen LogP contribution < -0.4 is 10.2 Å². The maximum Gasteiger partial charge on any atom is 0.244 e. The molecule has 1 saturated carbocycles. The molecule has 1 N–H and O–H groups in total. The minimum absolute atomic E-state index is 0.232. The van der Waals surface area contributed by atoms with Crippen LogP contribution in [0, 0.1) is 18.3 Å². The number of amides is 1. The smallest absolute Gasteiger partial charge is 0.244 e. The Labute approximate surface area is 205 Å². The van der Waals surface area contributed by atoms with Crippen LogP contribution in [0.3, 0.4) is 0 Å². The van der Waals surface area contributed by atoms with Crippen molar-refractivity contribution in [2.24, 2.45) is 0 Å². The summed E-state index contributed by atoms with van der Waals surface area (Å²) in [7, 11) is -1.30. The predicted octanol–water partition coefficient (Wildman–Crippen LogP) is 3.16. The Hall–Kier alpha value is -3.22. The second kappa shape index (κ2) is 8.85. The molecule has 1 amide bonds. The number of rotatable bonds is 6. The molecule has 2 fully saturated rings. The zero-order chi connectivity index (χ0) is 23.9. The molecule has 1 aromatic carbocycles. The Morgan fingerprint density at radius 3 is 2.71 bits per heavy atom. The highest BCUT2D eigenvalue weighted by molar-refractivity contribution is 7.85. The van der Waals surface area contributed by atoms with Gasteiger partial charge in [0.05, 0.1) is 33.5 Å². The summed E-state index contributed by atoms with van der Waals surface area (Å²) in [5.41, 5.74) is 0.699. The van der Waals surface area contributed by atoms with Gasteiger partial charge in [0.25, 0.3) is 0 Å². The molecule has 1 unspecified atom stereocenters. The monoisotopic (exact) mass is 494 g/mol. The first-order valence-electron chi connectivity index (χ1n) is 11.0. The highest BCUT2D eigenvalue weighted by Gasteiger charge is 2.48. The minimum atomic E-state index is -1.30. The maximum absolute atomic E-state index is 13.4. The summed E-state index contributed by atoms with van der Waals surface area (Å²) in [5, 5.41) is 17.1. The van der Waals surface area contributed by atoms with E-state index < -0.39 is 22.4 Å². The number of hydrogen-bond acceptors (Lipinski definition) is 6. The molecule has 10 heteroatoms. The van der Waals surface area contributed by atoms with Crippen molar-refractivity contribution in [3.8, 4) is 11.8 Å². The van der Waals surface area contributed by atoms with Gasteiger partial charge in [-0.15, -0.1) is 0 Å². The van der Waals surface area contributed by atoms with Crippen molar-refractivity contribution in [3.63, 3.8) is 0 Å². The number of anilines is 1. The van der Waals surface area contributed by atoms with E-state index in [-0.39, 0.29) is 11.2 Å². The summed E-state index contributed by atoms with van der Waals surface area (Å²) < 4.78 is 15.1. The van der Waals surface area contributed by atoms with Crippen molar-refractivity contribution in [1.29, 1.82) is 5.26 Å². The zero-order valence-electron chi connectivity index (χ0n) is 18.5. The number of carbonyl (C=O) groups is 1. The van der Waals surface area contributed by atoms with E-state index in [1.807, 2.05) is 48.2 Å². The fourth-order valence-corrected chi connectivity index (χ4v) is 5.95. The van der Waals surface area contributed by atoms with Crippen LogP contribution in [0.4, 0.5) is 5.82 Å². The Morgan fingerprint density at radius 1 is 1.26 bits per heavy atom. The quantitative estimate of drug-likeness (QED) is 0.528. The Bertz CT molecular complexity index is 1300. The van der Waals surface area contributed by atoms with Gasteiger partial charge in [0.1, 0.15) is 22.6 Å². The lowest BCUT2D eigenvalue weighted by atomic mass is 10.1. The SMILES string of the molecule is Cc1cc(N2C[C@H](S(=O)c3ccccc3)C[C@H]2C(=O)NC2(C#N)CC2)n(-c2ccnc(Cl)c2)n1. The number of pyridine rings is 1. The number of aryl methyl sites for hydroxylation is 1. The van der Waals surface area contributed by atoms with E-state index in [0.29, 0.717) is 42.5 Å². The van der Waals surface area contributed by atoms with Crippen LogP contribution in [-0.2, 0) is 15.6 Å². The van der Waals surface area contributed by atoms with Gasteiger partial charge in [-0.3, -0.25) is 9.00 Å². The normalized spacial score (nSPS) is 21.6. The van der Waals surface area contributed by atoms with E-state index in [1.54, 1.807) is 23.0 Å². The topological polar surface area (TPSA) is 104 Å². The van der Waals surface area contributed by atoms with Crippen LogP contribution in [0.25, 0.3) is 5.69 Å². The summed E-state index contributed by atoms with van der Waals surface area (Å²) in [6, 6.07) is 16.3. The summed E-state index contributed by atoms with van der Waals surface area (Å²) >= 11 is 6.12. The van der Waals surface area contributed by atoms with Crippen molar-refractivity contribution in [3.05, 3.63) is 65.6 Å². The molecule has 174 valence electrons. The molecule has 0 spiro atoms. The van der Waals surface area contributed by atoms with Crippen LogP contribution in [0.1, 0.15) is 25.0 Å². The number of nitrogens with one attached hydrogen (secondary N) is 1. The third kappa shape index (κ3) is 4.31. The molecule has 3 atom stereocenters. The molecule has 3 aromatic rings. The highest BCUT2D eigenvalue weighted by atomic mass is 35.5. The molecular formula is C24H23ClN6O2S. The lowest BCUT2D eigenvalue weighted by Gasteiger charge is -2.27. The van der Waals surface area contributed by atoms with E-state index in [0.717, 1.165) is 10.6 Å². The van der Waals surface area contributed by atoms with Gasteiger partial charge in [-0.05, 0) is 44.4 Å². The van der Waals surface area contributed by atoms with Gasteiger partial charge in [0.15, 0.2) is 0 Å². The molecular weight excluding hydrogens is 472 g/mol. The van der Waals surface area contributed by atoms with Crippen molar-refractivity contribution in [2.45, 2.75) is 47.9 Å². The van der Waals surface area contributed by atoms with Crippen molar-refractivity contribution in [2.75, 3.05) is 11.4 Å². The van der Waals surface area contributed by atoms with Crippen LogP contribution in [0.5, 0.6) is 0 Å². The van der Waals surface area contributed by atoms with Gasteiger partial charge < -0.3 is 10.2 Å². The van der Waals surface area contributed by atoms with E-state index >= 15 is 0 Å². The van der Waals surface area contributed by atoms with E-state index in [4.69, 9.17) is 11.6 Å². The number of hydrogen-bond donors (Lipinski definition) is 1. The van der Waals surface area contributed by atoms with E-state index in [1.165, 1.54) is 0 Å². The molecule has 1 saturated heterocycles. The third-order valence-electron chi connectivity index (χ3n) is 6.23. The van der Waals surface area contributed by atoms with Crippen molar-refractivity contribution in [1.82, 2.24) is 20.1 Å². The molecule has 2 aliphatic rings. The van der Waals surface area contributed by atoms with Crippen LogP contribution in [0.2, 0.25) is 5.15 Å². The van der Waals surface area contributed by atoms with Gasteiger partial charge in [-0.1, -0.05) is 29.8 Å². The number of halogens is 1. The fraction of sp³-hybridized carbons (Fsp3) is 0.333. The van der Waals surface area contributed by atoms with Gasteiger partial charge in [-0.25, -0.2) is 9.67 Å². The number of nitriles is 1. The molecule has 0 radical (unpaired) electrons. The largest absolute Gasteiger partial charge is 0.343 e. The third-order valence-corrected chi connectivity index (χ3v) is 8.12. The van der Waals surface area contributed by atoms with Gasteiger partial charge in [0, 0.05) is 29.8 Å². The number of carbonyl (C=O) groups excluding carboxylic acids is 1. The molecule has 2 aromatic heterocycles. The molecule has 34 heavy (non-hydrogen) atoms. The summed E-state index contributed by atoms with van der Waals surface area (Å²) in [6.45, 7) is 2.28. The first kappa shape index (κ1) is 22.6. The van der Waals surface area contributed by atoms with Crippen molar-refractivity contribution < 1.29 is 9.00 Å². The Kier molecular flexibility index (Phi) is 5.88. The number of aromatic nitrogens is 3. The van der Waals surface area contributed by atoms with Crippen LogP contribution in [0.15, 0.2) is 59.6 Å². The average molecular weight is 495 g/mol. The molecule has 1 aliphatic heterocycles. The van der Waals surface area contributed by atoms with E-state index in [2.05, 4.69) is 21.5 Å². The highest BCUT2D eigenvalue weighted by Crippen LogP contribution is 2.37. The lowest BCUT2D eigenvalue weighted by molar-refractivity contribution is -0.122. The molecule has 3 heterocycles. The van der Waals surface area contributed by atoms with E-state index in [9.17, 15) is 14.3 Å². The lowest BCUT2D eigenvalue weighted by Crippen LogP contribution is -2.48. The zero-order valence-corrected chi connectivity index (χ0v) is 20.1. The molecule has 0 bridgehead atoms. The van der Waals surface area contributed by atoms with Crippen LogP contribution >= 0.6 is 11.6 Å². The van der Waals surface area contributed by atoms with Crippen molar-refractivity contribution >= 4 is 34.1 Å². The fourth-order valence-electron chi connectivity index (χ4n) is 4.31. The summed E-state index contributed by atoms with van der Waals surface area (Å²) in [5.74, 6) is 0.471. The van der Waals surface area contributed by atoms with Gasteiger partial charge in [0.2, 0.25) is 5.91 Å². The first-order valence-corrected chi connectivity index (χ1v) is 12.6. The van der Waals surface area contributed by atoms with Gasteiger partial charge >= 0.3 is 0 Å². The minimum Gasteiger partial charge on any atom is -0.343 e. The second-order valence-corrected chi connectivity index (χ2v) is 10.8. The predicted molar refractivity (Wildman–Crippen MR) is 129 cm³/mol. The number of benzene rings is 1. The Morgan fingerprint density at radius 2 is 2.03 bits per heavy atom. The average Bonchev–Trinajstić information content (AvgIpc) is 3.29. The first-order chi connectivity index (χ1) is 16.4. The molecule has 5 rings (SSSR count). The summed E-state index contributed by atoms with van der Waals surface area (Å²) in [4.78, 5) is 20.1.